The molecule has 29 heavy (non-hydrogen) atoms. The van der Waals surface area contributed by atoms with Crippen molar-refractivity contribution < 1.29 is 26.3 Å². The van der Waals surface area contributed by atoms with E-state index in [-0.39, 0.29) is 16.0 Å². The molecule has 0 N–H and O–H groups in total. The number of ether oxygens (including phenoxy) is 1. The zero-order chi connectivity index (χ0) is 21.0. The maximum Gasteiger partial charge on any atom is 0.433 e. The van der Waals surface area contributed by atoms with E-state index in [0.29, 0.717) is 25.0 Å². The summed E-state index contributed by atoms with van der Waals surface area (Å²) in [6, 6.07) is 2.21. The molecule has 1 aromatic heterocycles. The van der Waals surface area contributed by atoms with Crippen LogP contribution in [0.5, 0.6) is 0 Å². The number of hydrogen-bond acceptors (Lipinski definition) is 5. The van der Waals surface area contributed by atoms with Crippen molar-refractivity contribution in [1.29, 1.82) is 0 Å². The number of aryl methyl sites for hydroxylation is 1. The predicted molar refractivity (Wildman–Crippen MR) is 99.7 cm³/mol. The smallest absolute Gasteiger partial charge is 0.381 e. The molecule has 4 rings (SSSR count). The predicted octanol–water partition coefficient (Wildman–Crippen LogP) is 2.53. The zero-order valence-electron chi connectivity index (χ0n) is 16.6. The van der Waals surface area contributed by atoms with Crippen LogP contribution in [0.1, 0.15) is 31.2 Å². The summed E-state index contributed by atoms with van der Waals surface area (Å²) < 4.78 is 70.9. The Labute approximate surface area is 169 Å². The minimum absolute atomic E-state index is 0.0280. The Bertz CT molecular complexity index is 870. The summed E-state index contributed by atoms with van der Waals surface area (Å²) in [6.07, 6.45) is -2.47. The first-order chi connectivity index (χ1) is 13.5. The molecule has 4 heterocycles. The highest BCUT2D eigenvalue weighted by atomic mass is 32.2. The lowest BCUT2D eigenvalue weighted by atomic mass is 9.72. The SMILES string of the molecule is Cc1nc(C(F)(F)F)ccc1S(=O)(=O)N1CC2(CN([C@@H](C)C3CCOCC3)C2)C1. The number of nitrogens with zero attached hydrogens (tertiary/aromatic N) is 3. The summed E-state index contributed by atoms with van der Waals surface area (Å²) in [7, 11) is -3.83. The van der Waals surface area contributed by atoms with Gasteiger partial charge in [-0.2, -0.15) is 17.5 Å². The number of rotatable bonds is 4. The van der Waals surface area contributed by atoms with Crippen LogP contribution >= 0.6 is 0 Å². The van der Waals surface area contributed by atoms with E-state index >= 15 is 0 Å². The molecule has 1 aromatic rings. The summed E-state index contributed by atoms with van der Waals surface area (Å²) in [6.45, 7) is 7.69. The molecule has 6 nitrogen and oxygen atoms in total. The van der Waals surface area contributed by atoms with Crippen molar-refractivity contribution in [3.8, 4) is 0 Å². The molecule has 0 unspecified atom stereocenters. The molecule has 0 aliphatic carbocycles. The number of pyridine rings is 1. The van der Waals surface area contributed by atoms with Gasteiger partial charge < -0.3 is 4.74 Å². The average Bonchev–Trinajstić information content (AvgIpc) is 2.58. The van der Waals surface area contributed by atoms with Crippen LogP contribution in [0.15, 0.2) is 17.0 Å². The van der Waals surface area contributed by atoms with Crippen LogP contribution in [0.4, 0.5) is 13.2 Å². The van der Waals surface area contributed by atoms with Crippen LogP contribution in [0, 0.1) is 18.3 Å². The molecular formula is C19H26F3N3O3S. The molecule has 3 aliphatic rings. The Morgan fingerprint density at radius 2 is 1.79 bits per heavy atom. The fourth-order valence-corrected chi connectivity index (χ4v) is 6.61. The first-order valence-corrected chi connectivity index (χ1v) is 11.3. The van der Waals surface area contributed by atoms with Gasteiger partial charge in [0.15, 0.2) is 0 Å². The van der Waals surface area contributed by atoms with Gasteiger partial charge in [-0.05, 0) is 44.7 Å². The first kappa shape index (κ1) is 21.0. The maximum absolute atomic E-state index is 12.9. The normalized spacial score (nSPS) is 24.9. The molecule has 3 aliphatic heterocycles. The van der Waals surface area contributed by atoms with E-state index in [1.807, 2.05) is 0 Å². The van der Waals surface area contributed by atoms with Crippen LogP contribution in [0.3, 0.4) is 0 Å². The van der Waals surface area contributed by atoms with Gasteiger partial charge in [0.05, 0.1) is 5.69 Å². The number of halogens is 3. The summed E-state index contributed by atoms with van der Waals surface area (Å²) >= 11 is 0. The second kappa shape index (κ2) is 7.18. The first-order valence-electron chi connectivity index (χ1n) is 9.89. The standard InChI is InChI=1S/C19H26F3N3O3S/c1-13-16(3-4-17(23-13)19(20,21)22)29(26,27)25-11-18(12-25)9-24(10-18)14(2)15-5-7-28-8-6-15/h3-4,14-15H,5-12H2,1-2H3/t14-/m0/s1. The van der Waals surface area contributed by atoms with Crippen LogP contribution in [0.25, 0.3) is 0 Å². The fraction of sp³-hybridized carbons (Fsp3) is 0.737. The van der Waals surface area contributed by atoms with Crippen molar-refractivity contribution in [3.05, 3.63) is 23.5 Å². The molecule has 3 fully saturated rings. The van der Waals surface area contributed by atoms with Gasteiger partial charge in [-0.1, -0.05) is 0 Å². The number of likely N-dealkylation sites (tertiary alicyclic amines) is 1. The molecule has 10 heteroatoms. The molecule has 3 saturated heterocycles. The van der Waals surface area contributed by atoms with E-state index in [2.05, 4.69) is 16.8 Å². The summed E-state index contributed by atoms with van der Waals surface area (Å²) in [5.41, 5.74) is -1.23. The Balaban J connectivity index is 1.37. The molecule has 0 amide bonds. The van der Waals surface area contributed by atoms with Crippen molar-refractivity contribution in [3.63, 3.8) is 0 Å². The lowest BCUT2D eigenvalue weighted by Crippen LogP contribution is -2.74. The highest BCUT2D eigenvalue weighted by Crippen LogP contribution is 2.44. The minimum atomic E-state index is -4.59. The van der Waals surface area contributed by atoms with Crippen LogP contribution in [-0.4, -0.2) is 68.0 Å². The van der Waals surface area contributed by atoms with E-state index in [4.69, 9.17) is 4.74 Å². The van der Waals surface area contributed by atoms with Crippen molar-refractivity contribution in [1.82, 2.24) is 14.2 Å². The number of aromatic nitrogens is 1. The van der Waals surface area contributed by atoms with E-state index < -0.39 is 21.9 Å². The number of hydrogen-bond donors (Lipinski definition) is 0. The van der Waals surface area contributed by atoms with Gasteiger partial charge in [0, 0.05) is 50.8 Å². The zero-order valence-corrected chi connectivity index (χ0v) is 17.4. The molecule has 162 valence electrons. The monoisotopic (exact) mass is 433 g/mol. The lowest BCUT2D eigenvalue weighted by molar-refractivity contribution is -0.141. The fourth-order valence-electron chi connectivity index (χ4n) is 4.79. The van der Waals surface area contributed by atoms with Gasteiger partial charge in [-0.25, -0.2) is 13.4 Å². The molecule has 0 saturated carbocycles. The Morgan fingerprint density at radius 3 is 2.34 bits per heavy atom. The third kappa shape index (κ3) is 3.80. The minimum Gasteiger partial charge on any atom is -0.381 e. The highest BCUT2D eigenvalue weighted by Gasteiger charge is 2.56. The van der Waals surface area contributed by atoms with Gasteiger partial charge in [0.2, 0.25) is 10.0 Å². The lowest BCUT2D eigenvalue weighted by Gasteiger charge is -2.61. The molecule has 0 bridgehead atoms. The van der Waals surface area contributed by atoms with Crippen molar-refractivity contribution in [2.24, 2.45) is 11.3 Å². The second-order valence-electron chi connectivity index (χ2n) is 8.65. The maximum atomic E-state index is 12.9. The van der Waals surface area contributed by atoms with Crippen molar-refractivity contribution >= 4 is 10.0 Å². The summed E-state index contributed by atoms with van der Waals surface area (Å²) in [5.74, 6) is 0.613. The van der Waals surface area contributed by atoms with Crippen LogP contribution < -0.4 is 0 Å². The Morgan fingerprint density at radius 1 is 1.17 bits per heavy atom. The molecule has 0 aromatic carbocycles. The number of alkyl halides is 3. The van der Waals surface area contributed by atoms with Crippen molar-refractivity contribution in [2.75, 3.05) is 39.4 Å². The highest BCUT2D eigenvalue weighted by molar-refractivity contribution is 7.89. The van der Waals surface area contributed by atoms with Gasteiger partial charge >= 0.3 is 6.18 Å². The largest absolute Gasteiger partial charge is 0.433 e. The van der Waals surface area contributed by atoms with Crippen LogP contribution in [-0.2, 0) is 20.9 Å². The van der Waals surface area contributed by atoms with E-state index in [9.17, 15) is 21.6 Å². The topological polar surface area (TPSA) is 62.7 Å². The average molecular weight is 433 g/mol. The third-order valence-electron chi connectivity index (χ3n) is 6.57. The number of sulfonamides is 1. The van der Waals surface area contributed by atoms with Crippen LogP contribution in [0.2, 0.25) is 0 Å². The summed E-state index contributed by atoms with van der Waals surface area (Å²) in [4.78, 5) is 5.72. The Hall–Kier alpha value is -1.23. The van der Waals surface area contributed by atoms with Gasteiger partial charge in [-0.3, -0.25) is 4.90 Å². The van der Waals surface area contributed by atoms with Gasteiger partial charge in [0.25, 0.3) is 0 Å². The van der Waals surface area contributed by atoms with E-state index in [0.717, 1.165) is 51.3 Å². The Kier molecular flexibility index (Phi) is 5.20. The molecule has 1 spiro atoms. The van der Waals surface area contributed by atoms with Gasteiger partial charge in [-0.15, -0.1) is 0 Å². The second-order valence-corrected chi connectivity index (χ2v) is 10.6. The molecular weight excluding hydrogens is 407 g/mol. The van der Waals surface area contributed by atoms with E-state index in [1.165, 1.54) is 11.2 Å². The molecule has 1 atom stereocenters. The van der Waals surface area contributed by atoms with Crippen molar-refractivity contribution in [2.45, 2.75) is 43.8 Å². The van der Waals surface area contributed by atoms with Gasteiger partial charge in [0.1, 0.15) is 10.6 Å². The molecule has 0 radical (unpaired) electrons. The quantitative estimate of drug-likeness (QED) is 0.730. The summed E-state index contributed by atoms with van der Waals surface area (Å²) in [5, 5.41) is 0. The third-order valence-corrected chi connectivity index (χ3v) is 8.50. The van der Waals surface area contributed by atoms with E-state index in [1.54, 1.807) is 0 Å².